The minimum Gasteiger partial charge on any atom is -0.463 e. The summed E-state index contributed by atoms with van der Waals surface area (Å²) in [7, 11) is 0. The fraction of sp³-hybridized carbons (Fsp3) is 0.714. The Bertz CT molecular complexity index is 2300. The molecule has 0 unspecified atom stereocenters. The molecule has 358 valence electrons. The topological polar surface area (TPSA) is 214 Å². The third-order valence-electron chi connectivity index (χ3n) is 17.7. The molecular weight excluding hydrogens is 851 g/mol. The Kier molecular flexibility index (Phi) is 12.4. The maximum atomic E-state index is 14.9. The Labute approximate surface area is 385 Å². The number of carbonyl (C=O) groups is 6. The van der Waals surface area contributed by atoms with Gasteiger partial charge < -0.3 is 28.4 Å². The summed E-state index contributed by atoms with van der Waals surface area (Å²) in [5.74, 6) is -2.54. The van der Waals surface area contributed by atoms with Gasteiger partial charge in [-0.2, -0.15) is 0 Å². The van der Waals surface area contributed by atoms with E-state index in [1.54, 1.807) is 0 Å². The fourth-order valence-corrected chi connectivity index (χ4v) is 15.0. The Hall–Kier alpha value is -5.06. The predicted octanol–water partition coefficient (Wildman–Crippen LogP) is 5.92. The van der Waals surface area contributed by atoms with Crippen LogP contribution >= 0.6 is 0 Å². The van der Waals surface area contributed by atoms with Crippen molar-refractivity contribution in [2.45, 2.75) is 163 Å². The number of ether oxygens (including phenoxy) is 6. The van der Waals surface area contributed by atoms with Crippen LogP contribution in [0.5, 0.6) is 0 Å². The van der Waals surface area contributed by atoms with Gasteiger partial charge >= 0.3 is 29.8 Å². The van der Waals surface area contributed by atoms with E-state index in [0.29, 0.717) is 36.7 Å². The molecule has 6 aliphatic rings. The standard InChI is InChI=1S/C49H65N5O12/c1-26(23-55)32-13-16-49(18-17-47(9)33(38(32)49)11-12-37-46(8)21-34-42(51-20-19-50-34)45(6,7)36(46)14-15-48(37,47)10)44(60)62-24-31-22-54(53-52-31)43-41(65-30(5)59)40(64-29(4)58)39(63-28(3)57)35(66-43)25-61-27(2)56/h19-20,22-23,32-33,35-41,43H,1,11-18,21,24-25H2,2-10H3/t32-,33+,35+,36-,37+,38+,39+,40-,41+,43-,46-,47+,48+,49-/m0/s1. The molecule has 8 rings (SSSR count). The summed E-state index contributed by atoms with van der Waals surface area (Å²) in [6, 6.07) is 0. The number of nitrogens with zero attached hydrogens (tertiary/aromatic N) is 5. The van der Waals surface area contributed by atoms with E-state index in [4.69, 9.17) is 38.4 Å². The van der Waals surface area contributed by atoms with Crippen molar-refractivity contribution in [1.82, 2.24) is 25.0 Å². The van der Waals surface area contributed by atoms with Crippen LogP contribution in [0.1, 0.15) is 137 Å². The molecule has 2 aromatic rings. The van der Waals surface area contributed by atoms with Gasteiger partial charge in [0.05, 0.1) is 23.0 Å². The van der Waals surface area contributed by atoms with Gasteiger partial charge in [-0.15, -0.1) is 5.10 Å². The van der Waals surface area contributed by atoms with Gasteiger partial charge in [0.15, 0.2) is 24.5 Å². The Morgan fingerprint density at radius 1 is 0.788 bits per heavy atom. The summed E-state index contributed by atoms with van der Waals surface area (Å²) < 4.78 is 35.6. The second-order valence-corrected chi connectivity index (χ2v) is 21.3. The van der Waals surface area contributed by atoms with Crippen LogP contribution in [-0.4, -0.2) is 92.1 Å². The van der Waals surface area contributed by atoms with Crippen molar-refractivity contribution in [3.63, 3.8) is 0 Å². The molecule has 4 saturated carbocycles. The van der Waals surface area contributed by atoms with E-state index in [0.717, 1.165) is 77.0 Å². The predicted molar refractivity (Wildman–Crippen MR) is 232 cm³/mol. The van der Waals surface area contributed by atoms with Crippen molar-refractivity contribution in [3.8, 4) is 0 Å². The first kappa shape index (κ1) is 47.4. The summed E-state index contributed by atoms with van der Waals surface area (Å²) in [6.07, 6.45) is 7.00. The molecule has 1 aliphatic heterocycles. The second kappa shape index (κ2) is 17.2. The van der Waals surface area contributed by atoms with Crippen molar-refractivity contribution in [2.75, 3.05) is 6.61 Å². The maximum absolute atomic E-state index is 14.9. The Morgan fingerprint density at radius 2 is 1.47 bits per heavy atom. The molecule has 2 aromatic heterocycles. The van der Waals surface area contributed by atoms with Crippen molar-refractivity contribution in [2.24, 2.45) is 51.2 Å². The number of aromatic nitrogens is 5. The van der Waals surface area contributed by atoms with Gasteiger partial charge in [-0.25, -0.2) is 4.68 Å². The van der Waals surface area contributed by atoms with Gasteiger partial charge in [0.2, 0.25) is 0 Å². The maximum Gasteiger partial charge on any atom is 0.312 e. The highest BCUT2D eigenvalue weighted by Crippen LogP contribution is 2.77. The first-order valence-corrected chi connectivity index (χ1v) is 23.4. The molecule has 17 nitrogen and oxygen atoms in total. The molecule has 17 heteroatoms. The smallest absolute Gasteiger partial charge is 0.312 e. The Morgan fingerprint density at radius 3 is 2.15 bits per heavy atom. The third-order valence-corrected chi connectivity index (χ3v) is 17.7. The number of aldehydes is 1. The lowest BCUT2D eigenvalue weighted by Crippen LogP contribution is -2.67. The summed E-state index contributed by atoms with van der Waals surface area (Å²) in [4.78, 5) is 86.1. The van der Waals surface area contributed by atoms with Gasteiger partial charge in [0.25, 0.3) is 0 Å². The molecule has 5 fully saturated rings. The molecule has 66 heavy (non-hydrogen) atoms. The number of fused-ring (bicyclic) bond motifs is 8. The molecule has 14 atom stereocenters. The van der Waals surface area contributed by atoms with Gasteiger partial charge in [-0.05, 0) is 109 Å². The molecule has 0 bridgehead atoms. The summed E-state index contributed by atoms with van der Waals surface area (Å²) in [5.41, 5.74) is 1.90. The molecule has 0 spiro atoms. The van der Waals surface area contributed by atoms with Gasteiger partial charge in [0, 0.05) is 45.5 Å². The number of carbonyl (C=O) groups excluding carboxylic acids is 6. The van der Waals surface area contributed by atoms with Crippen LogP contribution < -0.4 is 0 Å². The molecule has 1 saturated heterocycles. The largest absolute Gasteiger partial charge is 0.463 e. The Balaban J connectivity index is 1.05. The summed E-state index contributed by atoms with van der Waals surface area (Å²) in [6.45, 7) is 20.4. The second-order valence-electron chi connectivity index (χ2n) is 21.3. The average molecular weight is 916 g/mol. The van der Waals surface area contributed by atoms with Crippen molar-refractivity contribution < 1.29 is 57.2 Å². The van der Waals surface area contributed by atoms with Crippen LogP contribution in [0.4, 0.5) is 0 Å². The zero-order valence-electron chi connectivity index (χ0n) is 39.7. The first-order chi connectivity index (χ1) is 31.1. The van der Waals surface area contributed by atoms with Crippen molar-refractivity contribution in [1.29, 1.82) is 0 Å². The van der Waals surface area contributed by atoms with E-state index in [-0.39, 0.29) is 57.7 Å². The molecule has 0 radical (unpaired) electrons. The summed E-state index contributed by atoms with van der Waals surface area (Å²) >= 11 is 0. The number of esters is 5. The normalized spacial score (nSPS) is 38.4. The lowest BCUT2D eigenvalue weighted by Gasteiger charge is -2.72. The van der Waals surface area contributed by atoms with E-state index in [9.17, 15) is 28.8 Å². The van der Waals surface area contributed by atoms with Gasteiger partial charge in [0.1, 0.15) is 31.3 Å². The van der Waals surface area contributed by atoms with Crippen LogP contribution in [0.3, 0.4) is 0 Å². The van der Waals surface area contributed by atoms with Crippen molar-refractivity contribution in [3.05, 3.63) is 47.8 Å². The van der Waals surface area contributed by atoms with E-state index < -0.39 is 66.5 Å². The van der Waals surface area contributed by atoms with E-state index in [2.05, 4.69) is 51.5 Å². The average Bonchev–Trinajstić information content (AvgIpc) is 3.89. The first-order valence-electron chi connectivity index (χ1n) is 23.4. The fourth-order valence-electron chi connectivity index (χ4n) is 15.0. The minimum absolute atomic E-state index is 0.00934. The zero-order chi connectivity index (χ0) is 47.7. The number of hydrogen-bond acceptors (Lipinski definition) is 16. The highest BCUT2D eigenvalue weighted by Gasteiger charge is 2.72. The summed E-state index contributed by atoms with van der Waals surface area (Å²) in [5, 5.41) is 8.52. The highest BCUT2D eigenvalue weighted by atomic mass is 16.7. The highest BCUT2D eigenvalue weighted by molar-refractivity contribution is 5.80. The van der Waals surface area contributed by atoms with Crippen LogP contribution in [0.15, 0.2) is 30.7 Å². The van der Waals surface area contributed by atoms with Crippen LogP contribution in [0, 0.1) is 51.2 Å². The molecular formula is C49H65N5O12. The van der Waals surface area contributed by atoms with Crippen molar-refractivity contribution >= 4 is 36.1 Å². The quantitative estimate of drug-likeness (QED) is 0.111. The van der Waals surface area contributed by atoms with Crippen LogP contribution in [0.2, 0.25) is 0 Å². The zero-order valence-corrected chi connectivity index (χ0v) is 39.7. The van der Waals surface area contributed by atoms with Gasteiger partial charge in [-0.1, -0.05) is 46.4 Å². The lowest BCUT2D eigenvalue weighted by molar-refractivity contribution is -0.270. The van der Waals surface area contributed by atoms with E-state index >= 15 is 0 Å². The molecule has 0 aromatic carbocycles. The van der Waals surface area contributed by atoms with E-state index in [1.165, 1.54) is 17.8 Å². The van der Waals surface area contributed by atoms with Crippen LogP contribution in [0.25, 0.3) is 0 Å². The SMILES string of the molecule is C=C(C=O)[C@@H]1CC[C@]2(C(=O)OCc3cn([C@H]4O[C@H](COC(C)=O)[C@@H](OC(C)=O)[C@H](OC(C)=O)[C@H]4OC(C)=O)nn3)CC[C@]3(C)[C@H](CC[C@@H]4[C@@]5(C)Cc6nccnc6C(C)(C)[C@@H]5CC[C@]43C)[C@@H]12. The van der Waals surface area contributed by atoms with Gasteiger partial charge in [-0.3, -0.25) is 38.7 Å². The number of hydrogen-bond donors (Lipinski definition) is 0. The third kappa shape index (κ3) is 7.64. The molecule has 5 aliphatic carbocycles. The van der Waals surface area contributed by atoms with Crippen LogP contribution in [-0.2, 0) is 75.6 Å². The van der Waals surface area contributed by atoms with E-state index in [1.807, 2.05) is 12.4 Å². The lowest BCUT2D eigenvalue weighted by atomic mass is 9.32. The number of allylic oxidation sites excluding steroid dienone is 1. The minimum atomic E-state index is -1.40. The molecule has 0 amide bonds. The number of rotatable bonds is 11. The molecule has 3 heterocycles. The molecule has 0 N–H and O–H groups in total. The monoisotopic (exact) mass is 915 g/mol.